The Bertz CT molecular complexity index is 1380. The molecule has 4 rings (SSSR count). The number of hydrogen-bond acceptors (Lipinski definition) is 6. The smallest absolute Gasteiger partial charge is 0.217 e. The summed E-state index contributed by atoms with van der Waals surface area (Å²) in [6.07, 6.45) is 1.48. The van der Waals surface area contributed by atoms with Gasteiger partial charge in [-0.2, -0.15) is 0 Å². The van der Waals surface area contributed by atoms with E-state index in [1.54, 1.807) is 24.3 Å². The first-order valence-corrected chi connectivity index (χ1v) is 11.1. The SMILES string of the molecule is CC(=O)NCC#Cc1cc2ncnc(Nc3ccc(OCc4cccc(F)c4)c(Cl)c3)c2s1.Cl. The fraction of sp³-hybridized carbons (Fsp3) is 0.125. The number of thiophene rings is 1. The first-order valence-electron chi connectivity index (χ1n) is 9.89. The van der Waals surface area contributed by atoms with Crippen LogP contribution in [0.5, 0.6) is 5.75 Å². The lowest BCUT2D eigenvalue weighted by molar-refractivity contribution is -0.118. The maximum Gasteiger partial charge on any atom is 0.217 e. The fourth-order valence-electron chi connectivity index (χ4n) is 2.93. The van der Waals surface area contributed by atoms with Crippen LogP contribution in [-0.2, 0) is 11.4 Å². The zero-order valence-corrected chi connectivity index (χ0v) is 20.3. The Morgan fingerprint density at radius 1 is 1.21 bits per heavy atom. The molecular weight excluding hydrogens is 498 g/mol. The van der Waals surface area contributed by atoms with E-state index in [1.807, 2.05) is 12.1 Å². The summed E-state index contributed by atoms with van der Waals surface area (Å²) in [5.41, 5.74) is 2.21. The van der Waals surface area contributed by atoms with Gasteiger partial charge in [0.2, 0.25) is 5.91 Å². The van der Waals surface area contributed by atoms with Crippen LogP contribution in [0.25, 0.3) is 10.2 Å². The van der Waals surface area contributed by atoms with Crippen molar-refractivity contribution in [3.63, 3.8) is 0 Å². The van der Waals surface area contributed by atoms with Crippen molar-refractivity contribution in [3.05, 3.63) is 76.1 Å². The van der Waals surface area contributed by atoms with Crippen molar-refractivity contribution in [3.8, 4) is 17.6 Å². The summed E-state index contributed by atoms with van der Waals surface area (Å²) in [6.45, 7) is 1.94. The minimum absolute atomic E-state index is 0. The molecule has 0 aliphatic heterocycles. The average Bonchev–Trinajstić information content (AvgIpc) is 3.20. The van der Waals surface area contributed by atoms with Gasteiger partial charge in [-0.05, 0) is 42.0 Å². The number of hydrogen-bond donors (Lipinski definition) is 2. The number of nitrogens with one attached hydrogen (secondary N) is 2. The quantitative estimate of drug-likeness (QED) is 0.320. The predicted octanol–water partition coefficient (Wildman–Crippen LogP) is 5.72. The molecule has 6 nitrogen and oxygen atoms in total. The van der Waals surface area contributed by atoms with E-state index < -0.39 is 0 Å². The van der Waals surface area contributed by atoms with E-state index >= 15 is 0 Å². The predicted molar refractivity (Wildman–Crippen MR) is 136 cm³/mol. The molecule has 2 aromatic carbocycles. The van der Waals surface area contributed by atoms with Crippen molar-refractivity contribution in [2.45, 2.75) is 13.5 Å². The van der Waals surface area contributed by atoms with Crippen LogP contribution in [-0.4, -0.2) is 22.4 Å². The number of ether oxygens (including phenoxy) is 1. The molecule has 0 aliphatic carbocycles. The third-order valence-electron chi connectivity index (χ3n) is 4.43. The minimum atomic E-state index is -0.312. The monoisotopic (exact) mass is 516 g/mol. The summed E-state index contributed by atoms with van der Waals surface area (Å²) in [5.74, 6) is 6.62. The Balaban J connectivity index is 0.00000324. The molecule has 0 bridgehead atoms. The van der Waals surface area contributed by atoms with Gasteiger partial charge in [0.1, 0.15) is 24.5 Å². The number of amides is 1. The molecule has 2 N–H and O–H groups in total. The molecule has 2 aromatic heterocycles. The Labute approximate surface area is 210 Å². The average molecular weight is 517 g/mol. The third-order valence-corrected chi connectivity index (χ3v) is 5.77. The molecule has 0 saturated carbocycles. The van der Waals surface area contributed by atoms with Crippen LogP contribution in [0.15, 0.2) is 54.9 Å². The standard InChI is InChI=1S/C24H18ClFN4O2S.ClH/c1-15(31)27-9-3-6-19-12-21-23(33-19)24(29-14-28-21)30-18-7-8-22(20(25)11-18)32-13-16-4-2-5-17(26)10-16;/h2,4-5,7-8,10-12,14H,9,13H2,1H3,(H,27,31)(H,28,29,30);1H. The Hall–Kier alpha value is -3.38. The van der Waals surface area contributed by atoms with Crippen LogP contribution < -0.4 is 15.4 Å². The molecule has 10 heteroatoms. The molecule has 174 valence electrons. The van der Waals surface area contributed by atoms with Crippen molar-refractivity contribution in [2.75, 3.05) is 11.9 Å². The van der Waals surface area contributed by atoms with Gasteiger partial charge in [0.05, 0.1) is 26.7 Å². The van der Waals surface area contributed by atoms with Gasteiger partial charge in [-0.15, -0.1) is 23.7 Å². The number of carbonyl (C=O) groups excluding carboxylic acids is 1. The van der Waals surface area contributed by atoms with E-state index in [4.69, 9.17) is 16.3 Å². The van der Waals surface area contributed by atoms with Crippen LogP contribution in [0.4, 0.5) is 15.9 Å². The summed E-state index contributed by atoms with van der Waals surface area (Å²) >= 11 is 7.85. The Kier molecular flexibility index (Phi) is 8.66. The first-order chi connectivity index (χ1) is 16.0. The number of anilines is 2. The second-order valence-electron chi connectivity index (χ2n) is 6.95. The Morgan fingerprint density at radius 3 is 2.82 bits per heavy atom. The normalized spacial score (nSPS) is 10.1. The highest BCUT2D eigenvalue weighted by Gasteiger charge is 2.10. The summed E-state index contributed by atoms with van der Waals surface area (Å²) in [7, 11) is 0. The molecule has 0 saturated heterocycles. The van der Waals surface area contributed by atoms with E-state index in [2.05, 4.69) is 32.4 Å². The lowest BCUT2D eigenvalue weighted by Crippen LogP contribution is -2.19. The minimum Gasteiger partial charge on any atom is -0.487 e. The molecule has 0 atom stereocenters. The Morgan fingerprint density at radius 2 is 2.06 bits per heavy atom. The summed E-state index contributed by atoms with van der Waals surface area (Å²) < 4.78 is 19.9. The molecule has 34 heavy (non-hydrogen) atoms. The van der Waals surface area contributed by atoms with Gasteiger partial charge in [0, 0.05) is 12.6 Å². The number of halogens is 3. The van der Waals surface area contributed by atoms with Crippen LogP contribution in [0.2, 0.25) is 5.02 Å². The zero-order chi connectivity index (χ0) is 23.2. The van der Waals surface area contributed by atoms with Crippen LogP contribution in [0, 0.1) is 17.7 Å². The number of carbonyl (C=O) groups is 1. The molecule has 1 amide bonds. The number of rotatable bonds is 6. The molecule has 0 fully saturated rings. The van der Waals surface area contributed by atoms with Gasteiger partial charge < -0.3 is 15.4 Å². The lowest BCUT2D eigenvalue weighted by atomic mass is 10.2. The highest BCUT2D eigenvalue weighted by Crippen LogP contribution is 2.33. The van der Waals surface area contributed by atoms with E-state index in [1.165, 1.54) is 36.7 Å². The van der Waals surface area contributed by atoms with E-state index in [0.29, 0.717) is 22.2 Å². The molecule has 4 aromatic rings. The van der Waals surface area contributed by atoms with Crippen molar-refractivity contribution < 1.29 is 13.9 Å². The van der Waals surface area contributed by atoms with Crippen molar-refractivity contribution in [2.24, 2.45) is 0 Å². The molecule has 0 unspecified atom stereocenters. The van der Waals surface area contributed by atoms with Gasteiger partial charge in [-0.1, -0.05) is 35.6 Å². The number of fused-ring (bicyclic) bond motifs is 1. The van der Waals surface area contributed by atoms with Crippen molar-refractivity contribution in [1.29, 1.82) is 0 Å². The lowest BCUT2D eigenvalue weighted by Gasteiger charge is -2.11. The molecule has 0 aliphatic rings. The van der Waals surface area contributed by atoms with Crippen LogP contribution >= 0.6 is 35.3 Å². The fourth-order valence-corrected chi connectivity index (χ4v) is 4.09. The van der Waals surface area contributed by atoms with Crippen LogP contribution in [0.3, 0.4) is 0 Å². The number of aromatic nitrogens is 2. The van der Waals surface area contributed by atoms with E-state index in [0.717, 1.165) is 20.8 Å². The maximum absolute atomic E-state index is 13.3. The van der Waals surface area contributed by atoms with E-state index in [9.17, 15) is 9.18 Å². The van der Waals surface area contributed by atoms with Crippen LogP contribution in [0.1, 0.15) is 17.4 Å². The van der Waals surface area contributed by atoms with Gasteiger partial charge in [0.15, 0.2) is 5.82 Å². The number of nitrogens with zero attached hydrogens (tertiary/aromatic N) is 2. The van der Waals surface area contributed by atoms with Gasteiger partial charge in [-0.3, -0.25) is 4.79 Å². The molecule has 0 spiro atoms. The highest BCUT2D eigenvalue weighted by molar-refractivity contribution is 7.20. The maximum atomic E-state index is 13.3. The van der Waals surface area contributed by atoms with Crippen molar-refractivity contribution in [1.82, 2.24) is 15.3 Å². The second kappa shape index (κ2) is 11.7. The molecular formula is C24H19Cl2FN4O2S. The zero-order valence-electron chi connectivity index (χ0n) is 17.9. The summed E-state index contributed by atoms with van der Waals surface area (Å²) in [5, 5.41) is 6.31. The van der Waals surface area contributed by atoms with E-state index in [-0.39, 0.29) is 37.3 Å². The van der Waals surface area contributed by atoms with Gasteiger partial charge in [-0.25, -0.2) is 14.4 Å². The summed E-state index contributed by atoms with van der Waals surface area (Å²) in [6, 6.07) is 13.4. The van der Waals surface area contributed by atoms with Crippen molar-refractivity contribution >= 4 is 63.0 Å². The van der Waals surface area contributed by atoms with Gasteiger partial charge in [0.25, 0.3) is 0 Å². The third kappa shape index (κ3) is 6.58. The highest BCUT2D eigenvalue weighted by atomic mass is 35.5. The van der Waals surface area contributed by atoms with Gasteiger partial charge >= 0.3 is 0 Å². The topological polar surface area (TPSA) is 76.1 Å². The molecule has 0 radical (unpaired) electrons. The summed E-state index contributed by atoms with van der Waals surface area (Å²) in [4.78, 5) is 20.4. The first kappa shape index (κ1) is 25.2. The largest absolute Gasteiger partial charge is 0.487 e. The molecule has 2 heterocycles. The number of benzene rings is 2. The second-order valence-corrected chi connectivity index (χ2v) is 8.41.